The van der Waals surface area contributed by atoms with Crippen LogP contribution in [0.3, 0.4) is 0 Å². The molecule has 14 rings (SSSR count). The zero-order valence-corrected chi connectivity index (χ0v) is 36.8. The normalized spacial score (nSPS) is 11.8. The molecule has 4 heteroatoms. The molecular weight excluding hydrogens is 829 g/mol. The van der Waals surface area contributed by atoms with Gasteiger partial charge in [-0.1, -0.05) is 170 Å². The van der Waals surface area contributed by atoms with Crippen LogP contribution in [0.5, 0.6) is 0 Å². The summed E-state index contributed by atoms with van der Waals surface area (Å²) in [5.74, 6) is 0. The Hall–Kier alpha value is -9.12. The van der Waals surface area contributed by atoms with Gasteiger partial charge < -0.3 is 18.3 Å². The number of nitrogens with zero attached hydrogens (tertiary/aromatic N) is 2. The molecular formula is C64H40N2O2. The van der Waals surface area contributed by atoms with Crippen LogP contribution in [0.4, 0.5) is 17.1 Å². The minimum atomic E-state index is 0.845. The van der Waals surface area contributed by atoms with Crippen molar-refractivity contribution in [3.63, 3.8) is 0 Å². The molecule has 11 aromatic carbocycles. The third-order valence-corrected chi connectivity index (χ3v) is 13.8. The van der Waals surface area contributed by atoms with Crippen LogP contribution in [0.2, 0.25) is 0 Å². The fraction of sp³-hybridized carbons (Fsp3) is 0. The first-order chi connectivity index (χ1) is 33.7. The van der Waals surface area contributed by atoms with E-state index in [2.05, 4.69) is 246 Å². The number of hydrogen-bond donors (Lipinski definition) is 0. The highest BCUT2D eigenvalue weighted by molar-refractivity contribution is 6.16. The molecule has 0 radical (unpaired) electrons. The van der Waals surface area contributed by atoms with Crippen LogP contribution in [-0.4, -0.2) is 4.57 Å². The highest BCUT2D eigenvalue weighted by Gasteiger charge is 2.25. The SMILES string of the molecule is c1ccc(N(c2ccc(-c3ccc4ccccc4c3)cc2)c2cc(-c3ccccc3-n3c4ccccc4c4ccccc43)c3oc4ccccc4c3c2)c(-c2cccc3oc4ccccc4c23)c1. The van der Waals surface area contributed by atoms with Crippen molar-refractivity contribution in [2.45, 2.75) is 0 Å². The van der Waals surface area contributed by atoms with Gasteiger partial charge in [-0.2, -0.15) is 0 Å². The lowest BCUT2D eigenvalue weighted by molar-refractivity contribution is 0.669. The monoisotopic (exact) mass is 868 g/mol. The molecule has 4 nitrogen and oxygen atoms in total. The van der Waals surface area contributed by atoms with Gasteiger partial charge in [-0.05, 0) is 100 Å². The Morgan fingerprint density at radius 2 is 0.912 bits per heavy atom. The van der Waals surface area contributed by atoms with Crippen molar-refractivity contribution in [1.82, 2.24) is 4.57 Å². The van der Waals surface area contributed by atoms with E-state index in [0.717, 1.165) is 105 Å². The molecule has 0 amide bonds. The number of furan rings is 2. The summed E-state index contributed by atoms with van der Waals surface area (Å²) in [6, 6.07) is 87.1. The average molecular weight is 869 g/mol. The maximum atomic E-state index is 6.96. The molecule has 0 saturated heterocycles. The lowest BCUT2D eigenvalue weighted by atomic mass is 9.95. The van der Waals surface area contributed by atoms with Crippen molar-refractivity contribution in [3.8, 4) is 39.1 Å². The van der Waals surface area contributed by atoms with Crippen LogP contribution in [0.25, 0.3) is 116 Å². The van der Waals surface area contributed by atoms with E-state index in [1.54, 1.807) is 0 Å². The van der Waals surface area contributed by atoms with Crippen molar-refractivity contribution in [2.24, 2.45) is 0 Å². The number of anilines is 3. The molecule has 0 unspecified atom stereocenters. The summed E-state index contributed by atoms with van der Waals surface area (Å²) in [5.41, 5.74) is 16.5. The molecule has 0 aliphatic heterocycles. The Kier molecular flexibility index (Phi) is 8.55. The largest absolute Gasteiger partial charge is 0.456 e. The fourth-order valence-corrected chi connectivity index (χ4v) is 10.7. The summed E-state index contributed by atoms with van der Waals surface area (Å²) < 4.78 is 15.9. The second-order valence-corrected chi connectivity index (χ2v) is 17.6. The van der Waals surface area contributed by atoms with Gasteiger partial charge >= 0.3 is 0 Å². The van der Waals surface area contributed by atoms with Gasteiger partial charge in [-0.15, -0.1) is 0 Å². The maximum absolute atomic E-state index is 6.96. The lowest BCUT2D eigenvalue weighted by Gasteiger charge is -2.29. The quantitative estimate of drug-likeness (QED) is 0.160. The van der Waals surface area contributed by atoms with Gasteiger partial charge in [0.2, 0.25) is 0 Å². The smallest absolute Gasteiger partial charge is 0.143 e. The summed E-state index contributed by atoms with van der Waals surface area (Å²) in [5, 5.41) is 9.19. The number of benzene rings is 11. The van der Waals surface area contributed by atoms with E-state index in [0.29, 0.717) is 0 Å². The molecule has 0 N–H and O–H groups in total. The Labute approximate surface area is 391 Å². The number of hydrogen-bond acceptors (Lipinski definition) is 3. The first-order valence-electron chi connectivity index (χ1n) is 23.2. The lowest BCUT2D eigenvalue weighted by Crippen LogP contribution is -2.11. The number of aromatic nitrogens is 1. The van der Waals surface area contributed by atoms with Crippen LogP contribution >= 0.6 is 0 Å². The van der Waals surface area contributed by atoms with E-state index < -0.39 is 0 Å². The summed E-state index contributed by atoms with van der Waals surface area (Å²) in [4.78, 5) is 2.42. The standard InChI is InChI=1S/C64H40N2O2/c1-2-17-43-38-44(33-32-41(43)16-1)42-34-36-45(37-35-42)65(56-25-9-5-20-49(56)52-24-15-31-62-63(52)53-23-8-14-30-61(53)67-62)46-39-54(64-55(40-46)51-22-7-13-29-60(51)68-64)50-21-6-12-28-59(50)66-57-26-10-3-18-47(57)48-19-4-11-27-58(48)66/h1-40H. The molecule has 0 spiro atoms. The van der Waals surface area contributed by atoms with Crippen LogP contribution in [0, 0.1) is 0 Å². The predicted octanol–water partition coefficient (Wildman–Crippen LogP) is 18.2. The topological polar surface area (TPSA) is 34.5 Å². The van der Waals surface area contributed by atoms with E-state index in [-0.39, 0.29) is 0 Å². The molecule has 3 heterocycles. The number of rotatable bonds is 7. The van der Waals surface area contributed by atoms with Crippen LogP contribution in [0.15, 0.2) is 251 Å². The van der Waals surface area contributed by atoms with Crippen molar-refractivity contribution < 1.29 is 8.83 Å². The molecule has 318 valence electrons. The van der Waals surface area contributed by atoms with Gasteiger partial charge in [0.15, 0.2) is 0 Å². The zero-order valence-electron chi connectivity index (χ0n) is 36.8. The second kappa shape index (κ2) is 15.2. The first kappa shape index (κ1) is 38.2. The second-order valence-electron chi connectivity index (χ2n) is 17.6. The Morgan fingerprint density at radius 3 is 1.71 bits per heavy atom. The van der Waals surface area contributed by atoms with E-state index in [1.165, 1.54) is 27.1 Å². The number of fused-ring (bicyclic) bond motifs is 10. The number of para-hydroxylation sites is 6. The summed E-state index contributed by atoms with van der Waals surface area (Å²) in [6.45, 7) is 0. The van der Waals surface area contributed by atoms with Crippen molar-refractivity contribution in [2.75, 3.05) is 4.90 Å². The van der Waals surface area contributed by atoms with Gasteiger partial charge in [0.25, 0.3) is 0 Å². The van der Waals surface area contributed by atoms with E-state index in [9.17, 15) is 0 Å². The first-order valence-corrected chi connectivity index (χ1v) is 23.2. The molecule has 3 aromatic heterocycles. The summed E-state index contributed by atoms with van der Waals surface area (Å²) in [6.07, 6.45) is 0. The van der Waals surface area contributed by atoms with Gasteiger partial charge in [-0.25, -0.2) is 0 Å². The van der Waals surface area contributed by atoms with E-state index >= 15 is 0 Å². The molecule has 0 aliphatic rings. The van der Waals surface area contributed by atoms with E-state index in [1.807, 2.05) is 6.07 Å². The van der Waals surface area contributed by atoms with Gasteiger partial charge in [-0.3, -0.25) is 0 Å². The predicted molar refractivity (Wildman–Crippen MR) is 284 cm³/mol. The molecule has 0 atom stereocenters. The molecule has 0 aliphatic carbocycles. The molecule has 68 heavy (non-hydrogen) atoms. The van der Waals surface area contributed by atoms with Crippen molar-refractivity contribution in [1.29, 1.82) is 0 Å². The Bertz CT molecular complexity index is 4230. The molecule has 0 bridgehead atoms. The van der Waals surface area contributed by atoms with Crippen molar-refractivity contribution >= 4 is 93.5 Å². The van der Waals surface area contributed by atoms with Gasteiger partial charge in [0.05, 0.1) is 22.4 Å². The molecule has 0 saturated carbocycles. The Morgan fingerprint density at radius 1 is 0.324 bits per heavy atom. The van der Waals surface area contributed by atoms with Crippen LogP contribution < -0.4 is 4.90 Å². The van der Waals surface area contributed by atoms with Gasteiger partial charge in [0.1, 0.15) is 22.3 Å². The van der Waals surface area contributed by atoms with Crippen LogP contribution in [0.1, 0.15) is 0 Å². The van der Waals surface area contributed by atoms with Crippen LogP contribution in [-0.2, 0) is 0 Å². The van der Waals surface area contributed by atoms with Crippen molar-refractivity contribution in [3.05, 3.63) is 243 Å². The minimum Gasteiger partial charge on any atom is -0.456 e. The van der Waals surface area contributed by atoms with Gasteiger partial charge in [0, 0.05) is 60.4 Å². The zero-order chi connectivity index (χ0) is 44.7. The third kappa shape index (κ3) is 5.94. The summed E-state index contributed by atoms with van der Waals surface area (Å²) in [7, 11) is 0. The Balaban J connectivity index is 1.04. The molecule has 14 aromatic rings. The fourth-order valence-electron chi connectivity index (χ4n) is 10.7. The third-order valence-electron chi connectivity index (χ3n) is 13.8. The highest BCUT2D eigenvalue weighted by Crippen LogP contribution is 2.49. The van der Waals surface area contributed by atoms with E-state index in [4.69, 9.17) is 8.83 Å². The maximum Gasteiger partial charge on any atom is 0.143 e. The average Bonchev–Trinajstić information content (AvgIpc) is 4.09. The highest BCUT2D eigenvalue weighted by atomic mass is 16.3. The molecule has 0 fully saturated rings. The minimum absolute atomic E-state index is 0.845. The summed E-state index contributed by atoms with van der Waals surface area (Å²) >= 11 is 0.